The van der Waals surface area contributed by atoms with Crippen molar-refractivity contribution >= 4 is 17.4 Å². The van der Waals surface area contributed by atoms with E-state index in [4.69, 9.17) is 5.73 Å². The van der Waals surface area contributed by atoms with Crippen molar-refractivity contribution in [2.75, 3.05) is 0 Å². The first-order valence-electron chi connectivity index (χ1n) is 7.68. The molecule has 3 aromatic rings. The van der Waals surface area contributed by atoms with Crippen LogP contribution in [0.25, 0.3) is 0 Å². The number of nitrogens with zero attached hydrogens (tertiary/aromatic N) is 1. The first-order chi connectivity index (χ1) is 12.5. The lowest BCUT2D eigenvalue weighted by Gasteiger charge is -2.01. The van der Waals surface area contributed by atoms with Gasteiger partial charge >= 0.3 is 0 Å². The van der Waals surface area contributed by atoms with Crippen molar-refractivity contribution in [1.29, 1.82) is 0 Å². The van der Waals surface area contributed by atoms with Crippen molar-refractivity contribution < 1.29 is 14.5 Å². The second-order valence-electron chi connectivity index (χ2n) is 5.20. The number of carbonyl (C=O) groups excluding carboxylic acids is 2. The highest BCUT2D eigenvalue weighted by Crippen LogP contribution is 2.20. The molecular weight excluding hydrogens is 332 g/mol. The minimum Gasteiger partial charge on any atom is -0.366 e. The number of hydrogen-bond acceptors (Lipinski definition) is 4. The molecule has 0 fully saturated rings. The number of nitro groups is 1. The zero-order valence-electron chi connectivity index (χ0n) is 13.7. The summed E-state index contributed by atoms with van der Waals surface area (Å²) in [6, 6.07) is 23.2. The van der Waals surface area contributed by atoms with Gasteiger partial charge in [-0.25, -0.2) is 0 Å². The minimum atomic E-state index is -0.545. The van der Waals surface area contributed by atoms with Gasteiger partial charge in [-0.05, 0) is 18.2 Å². The molecule has 6 nitrogen and oxygen atoms in total. The third-order valence-corrected chi connectivity index (χ3v) is 3.44. The van der Waals surface area contributed by atoms with Gasteiger partial charge in [-0.1, -0.05) is 60.7 Å². The van der Waals surface area contributed by atoms with Crippen molar-refractivity contribution in [3.05, 3.63) is 112 Å². The predicted molar refractivity (Wildman–Crippen MR) is 97.9 cm³/mol. The zero-order chi connectivity index (χ0) is 18.9. The molecular formula is C20H16N2O4. The van der Waals surface area contributed by atoms with E-state index in [2.05, 4.69) is 0 Å². The molecule has 0 unspecified atom stereocenters. The average molecular weight is 348 g/mol. The van der Waals surface area contributed by atoms with Gasteiger partial charge in [0.2, 0.25) is 5.91 Å². The third kappa shape index (κ3) is 4.85. The van der Waals surface area contributed by atoms with E-state index in [9.17, 15) is 19.7 Å². The molecule has 6 heteroatoms. The SMILES string of the molecule is NC(=O)c1ccccc1.O=C(c1ccccc1)c1ccccc1[N+](=O)[O-]. The standard InChI is InChI=1S/C13H9NO3.C7H7NO/c15-13(10-6-2-1-3-7-10)11-8-4-5-9-12(11)14(16)17;8-7(9)6-4-2-1-3-5-6/h1-9H;1-5H,(H2,8,9). The van der Waals surface area contributed by atoms with Crippen LogP contribution in [-0.2, 0) is 0 Å². The number of carbonyl (C=O) groups is 2. The summed E-state index contributed by atoms with van der Waals surface area (Å²) in [5.74, 6) is -0.714. The molecule has 130 valence electrons. The van der Waals surface area contributed by atoms with Gasteiger partial charge in [0.25, 0.3) is 5.69 Å². The summed E-state index contributed by atoms with van der Waals surface area (Å²) in [5, 5.41) is 10.8. The summed E-state index contributed by atoms with van der Waals surface area (Å²) in [7, 11) is 0. The highest BCUT2D eigenvalue weighted by molar-refractivity contribution is 6.11. The van der Waals surface area contributed by atoms with Crippen molar-refractivity contribution in [3.63, 3.8) is 0 Å². The Morgan fingerprint density at radius 1 is 0.731 bits per heavy atom. The fraction of sp³-hybridized carbons (Fsp3) is 0. The van der Waals surface area contributed by atoms with Crippen LogP contribution in [0, 0.1) is 10.1 Å². The van der Waals surface area contributed by atoms with Crippen molar-refractivity contribution in [2.45, 2.75) is 0 Å². The van der Waals surface area contributed by atoms with E-state index in [1.54, 1.807) is 66.7 Å². The van der Waals surface area contributed by atoms with E-state index < -0.39 is 4.92 Å². The highest BCUT2D eigenvalue weighted by Gasteiger charge is 2.19. The van der Waals surface area contributed by atoms with Gasteiger partial charge < -0.3 is 5.73 Å². The highest BCUT2D eigenvalue weighted by atomic mass is 16.6. The lowest BCUT2D eigenvalue weighted by molar-refractivity contribution is -0.385. The quantitative estimate of drug-likeness (QED) is 0.442. The second-order valence-corrected chi connectivity index (χ2v) is 5.20. The maximum absolute atomic E-state index is 12.1. The minimum absolute atomic E-state index is 0.115. The summed E-state index contributed by atoms with van der Waals surface area (Å²) >= 11 is 0. The molecule has 0 aliphatic carbocycles. The Hall–Kier alpha value is -3.80. The fourth-order valence-corrected chi connectivity index (χ4v) is 2.17. The molecule has 1 amide bonds. The maximum atomic E-state index is 12.1. The van der Waals surface area contributed by atoms with Gasteiger partial charge in [0.05, 0.1) is 4.92 Å². The molecule has 0 saturated heterocycles. The summed E-state index contributed by atoms with van der Waals surface area (Å²) in [5.41, 5.74) is 5.92. The van der Waals surface area contributed by atoms with Gasteiger partial charge in [-0.15, -0.1) is 0 Å². The van der Waals surface area contributed by atoms with Crippen LogP contribution < -0.4 is 5.73 Å². The van der Waals surface area contributed by atoms with Crippen LogP contribution in [0.4, 0.5) is 5.69 Å². The van der Waals surface area contributed by atoms with Gasteiger partial charge in [0.15, 0.2) is 5.78 Å². The normalized spacial score (nSPS) is 9.54. The van der Waals surface area contributed by atoms with Crippen LogP contribution in [0.15, 0.2) is 84.9 Å². The maximum Gasteiger partial charge on any atom is 0.280 e. The number of amides is 1. The van der Waals surface area contributed by atoms with Crippen molar-refractivity contribution in [1.82, 2.24) is 0 Å². The molecule has 2 N–H and O–H groups in total. The zero-order valence-corrected chi connectivity index (χ0v) is 13.7. The molecule has 26 heavy (non-hydrogen) atoms. The van der Waals surface area contributed by atoms with Crippen LogP contribution in [0.3, 0.4) is 0 Å². The Morgan fingerprint density at radius 2 is 1.19 bits per heavy atom. The molecule has 3 aromatic carbocycles. The predicted octanol–water partition coefficient (Wildman–Crippen LogP) is 3.61. The topological polar surface area (TPSA) is 103 Å². The molecule has 3 rings (SSSR count). The summed E-state index contributed by atoms with van der Waals surface area (Å²) in [6.45, 7) is 0. The van der Waals surface area contributed by atoms with E-state index in [0.29, 0.717) is 11.1 Å². The van der Waals surface area contributed by atoms with E-state index >= 15 is 0 Å². The summed E-state index contributed by atoms with van der Waals surface area (Å²) in [6.07, 6.45) is 0. The molecule has 0 radical (unpaired) electrons. The lowest BCUT2D eigenvalue weighted by Crippen LogP contribution is -2.09. The van der Waals surface area contributed by atoms with Crippen LogP contribution in [0.5, 0.6) is 0 Å². The molecule has 0 aromatic heterocycles. The number of benzene rings is 3. The van der Waals surface area contributed by atoms with Gasteiger partial charge in [-0.2, -0.15) is 0 Å². The van der Waals surface area contributed by atoms with Crippen LogP contribution in [0.2, 0.25) is 0 Å². The number of rotatable bonds is 4. The number of nitrogens with two attached hydrogens (primary N) is 1. The first kappa shape index (κ1) is 18.5. The first-order valence-corrected chi connectivity index (χ1v) is 7.68. The molecule has 0 atom stereocenters. The van der Waals surface area contributed by atoms with Gasteiger partial charge in [-0.3, -0.25) is 19.7 Å². The molecule has 0 saturated carbocycles. The molecule has 0 spiro atoms. The van der Waals surface area contributed by atoms with E-state index in [-0.39, 0.29) is 22.9 Å². The van der Waals surface area contributed by atoms with Crippen LogP contribution in [0.1, 0.15) is 26.3 Å². The fourth-order valence-electron chi connectivity index (χ4n) is 2.17. The van der Waals surface area contributed by atoms with Crippen molar-refractivity contribution in [2.24, 2.45) is 5.73 Å². The van der Waals surface area contributed by atoms with Crippen molar-refractivity contribution in [3.8, 4) is 0 Å². The number of para-hydroxylation sites is 1. The van der Waals surface area contributed by atoms with E-state index in [1.165, 1.54) is 12.1 Å². The summed E-state index contributed by atoms with van der Waals surface area (Å²) < 4.78 is 0. The Morgan fingerprint density at radius 3 is 1.65 bits per heavy atom. The number of ketones is 1. The number of nitro benzene ring substituents is 1. The Bertz CT molecular complexity index is 909. The van der Waals surface area contributed by atoms with Crippen LogP contribution in [-0.4, -0.2) is 16.6 Å². The van der Waals surface area contributed by atoms with Gasteiger partial charge in [0.1, 0.15) is 5.56 Å². The smallest absolute Gasteiger partial charge is 0.280 e. The third-order valence-electron chi connectivity index (χ3n) is 3.44. The van der Waals surface area contributed by atoms with E-state index in [0.717, 1.165) is 0 Å². The molecule has 0 bridgehead atoms. The monoisotopic (exact) mass is 348 g/mol. The average Bonchev–Trinajstić information content (AvgIpc) is 2.69. The Balaban J connectivity index is 0.000000228. The van der Waals surface area contributed by atoms with Gasteiger partial charge in [0, 0.05) is 17.2 Å². The largest absolute Gasteiger partial charge is 0.366 e. The lowest BCUT2D eigenvalue weighted by atomic mass is 10.0. The molecule has 0 aliphatic rings. The van der Waals surface area contributed by atoms with Crippen LogP contribution >= 0.6 is 0 Å². The Kier molecular flexibility index (Phi) is 6.34. The Labute approximate surface area is 150 Å². The number of hydrogen-bond donors (Lipinski definition) is 1. The second kappa shape index (κ2) is 8.89. The number of primary amides is 1. The molecule has 0 heterocycles. The summed E-state index contributed by atoms with van der Waals surface area (Å²) in [4.78, 5) is 32.8. The molecule has 0 aliphatic heterocycles. The van der Waals surface area contributed by atoms with E-state index in [1.807, 2.05) is 6.07 Å².